The van der Waals surface area contributed by atoms with Gasteiger partial charge in [-0.2, -0.15) is 0 Å². The molecular formula is C12H17N. The van der Waals surface area contributed by atoms with E-state index in [9.17, 15) is 0 Å². The predicted octanol–water partition coefficient (Wildman–Crippen LogP) is 3.13. The molecule has 13 heavy (non-hydrogen) atoms. The molecule has 1 aromatic rings. The fraction of sp³-hybridized carbons (Fsp3) is 0.500. The third kappa shape index (κ3) is 2.03. The zero-order valence-corrected chi connectivity index (χ0v) is 8.43. The fourth-order valence-corrected chi connectivity index (χ4v) is 1.66. The van der Waals surface area contributed by atoms with Gasteiger partial charge in [0.05, 0.1) is 0 Å². The summed E-state index contributed by atoms with van der Waals surface area (Å²) in [6, 6.07) is 6.46. The van der Waals surface area contributed by atoms with Gasteiger partial charge in [0.2, 0.25) is 0 Å². The van der Waals surface area contributed by atoms with Crippen LogP contribution in [0.5, 0.6) is 0 Å². The normalized spacial score (nSPS) is 15.8. The van der Waals surface area contributed by atoms with Crippen molar-refractivity contribution < 1.29 is 0 Å². The minimum absolute atomic E-state index is 0.944. The van der Waals surface area contributed by atoms with E-state index in [1.807, 2.05) is 0 Å². The van der Waals surface area contributed by atoms with E-state index in [0.29, 0.717) is 0 Å². The molecule has 1 nitrogen and oxygen atoms in total. The van der Waals surface area contributed by atoms with Crippen molar-refractivity contribution in [1.82, 2.24) is 0 Å². The average Bonchev–Trinajstić information content (AvgIpc) is 2.87. The molecule has 1 aliphatic rings. The number of anilines is 1. The van der Waals surface area contributed by atoms with Gasteiger partial charge in [-0.3, -0.25) is 0 Å². The molecule has 0 aromatic heterocycles. The number of benzene rings is 1. The van der Waals surface area contributed by atoms with Crippen molar-refractivity contribution in [3.05, 3.63) is 29.3 Å². The van der Waals surface area contributed by atoms with Crippen molar-refractivity contribution in [2.75, 3.05) is 11.9 Å². The van der Waals surface area contributed by atoms with Crippen LogP contribution in [0.25, 0.3) is 0 Å². The molecule has 0 amide bonds. The van der Waals surface area contributed by atoms with Crippen LogP contribution in [-0.2, 0) is 0 Å². The molecule has 70 valence electrons. The molecule has 0 atom stereocenters. The van der Waals surface area contributed by atoms with E-state index in [1.54, 1.807) is 0 Å². The summed E-state index contributed by atoms with van der Waals surface area (Å²) in [7, 11) is 0. The summed E-state index contributed by atoms with van der Waals surface area (Å²) in [5.41, 5.74) is 4.07. The van der Waals surface area contributed by atoms with Crippen LogP contribution < -0.4 is 5.32 Å². The number of nitrogens with one attached hydrogen (secondary N) is 1. The minimum atomic E-state index is 0.944. The van der Waals surface area contributed by atoms with E-state index in [-0.39, 0.29) is 0 Å². The van der Waals surface area contributed by atoms with Gasteiger partial charge in [-0.15, -0.1) is 0 Å². The second kappa shape index (κ2) is 3.41. The summed E-state index contributed by atoms with van der Waals surface area (Å²) >= 11 is 0. The summed E-state index contributed by atoms with van der Waals surface area (Å²) < 4.78 is 0. The molecule has 1 heteroatoms. The number of rotatable bonds is 3. The topological polar surface area (TPSA) is 12.0 Å². The first-order chi connectivity index (χ1) is 6.27. The maximum absolute atomic E-state index is 3.54. The van der Waals surface area contributed by atoms with Gasteiger partial charge in [0.1, 0.15) is 0 Å². The van der Waals surface area contributed by atoms with Crippen molar-refractivity contribution in [2.45, 2.75) is 26.7 Å². The molecule has 1 aromatic carbocycles. The van der Waals surface area contributed by atoms with E-state index < -0.39 is 0 Å². The molecule has 2 rings (SSSR count). The highest BCUT2D eigenvalue weighted by Crippen LogP contribution is 2.30. The molecule has 0 heterocycles. The SMILES string of the molecule is Cc1cccc(C)c1NCC1CC1. The van der Waals surface area contributed by atoms with Crippen LogP contribution in [0.1, 0.15) is 24.0 Å². The van der Waals surface area contributed by atoms with Crippen molar-refractivity contribution in [2.24, 2.45) is 5.92 Å². The minimum Gasteiger partial charge on any atom is -0.384 e. The molecule has 0 saturated heterocycles. The number of para-hydroxylation sites is 1. The molecule has 1 N–H and O–H groups in total. The van der Waals surface area contributed by atoms with Gasteiger partial charge in [0.15, 0.2) is 0 Å². The first-order valence-electron chi connectivity index (χ1n) is 5.07. The molecule has 0 aliphatic heterocycles. The Labute approximate surface area is 80.2 Å². The smallest absolute Gasteiger partial charge is 0.0399 e. The lowest BCUT2D eigenvalue weighted by molar-refractivity contribution is 0.886. The van der Waals surface area contributed by atoms with E-state index >= 15 is 0 Å². The fourth-order valence-electron chi connectivity index (χ4n) is 1.66. The Morgan fingerprint density at radius 1 is 1.23 bits per heavy atom. The highest BCUT2D eigenvalue weighted by atomic mass is 14.9. The van der Waals surface area contributed by atoms with Crippen molar-refractivity contribution in [3.8, 4) is 0 Å². The maximum Gasteiger partial charge on any atom is 0.0399 e. The average molecular weight is 175 g/mol. The second-order valence-electron chi connectivity index (χ2n) is 4.09. The first-order valence-corrected chi connectivity index (χ1v) is 5.07. The first kappa shape index (κ1) is 8.61. The lowest BCUT2D eigenvalue weighted by Gasteiger charge is -2.11. The van der Waals surface area contributed by atoms with Crippen molar-refractivity contribution >= 4 is 5.69 Å². The zero-order chi connectivity index (χ0) is 9.26. The zero-order valence-electron chi connectivity index (χ0n) is 8.43. The van der Waals surface area contributed by atoms with Crippen LogP contribution >= 0.6 is 0 Å². The van der Waals surface area contributed by atoms with E-state index in [2.05, 4.69) is 37.4 Å². The quantitative estimate of drug-likeness (QED) is 0.744. The monoisotopic (exact) mass is 175 g/mol. The van der Waals surface area contributed by atoms with Crippen LogP contribution in [0.15, 0.2) is 18.2 Å². The molecule has 0 bridgehead atoms. The maximum atomic E-state index is 3.54. The summed E-state index contributed by atoms with van der Waals surface area (Å²) in [4.78, 5) is 0. The van der Waals surface area contributed by atoms with Gasteiger partial charge < -0.3 is 5.32 Å². The standard InChI is InChI=1S/C12H17N/c1-9-4-3-5-10(2)12(9)13-8-11-6-7-11/h3-5,11,13H,6-8H2,1-2H3. The summed E-state index contributed by atoms with van der Waals surface area (Å²) in [5, 5.41) is 3.54. The Bertz CT molecular complexity index is 280. The number of hydrogen-bond donors (Lipinski definition) is 1. The van der Waals surface area contributed by atoms with Gasteiger partial charge in [-0.1, -0.05) is 18.2 Å². The lowest BCUT2D eigenvalue weighted by atomic mass is 10.1. The Morgan fingerprint density at radius 2 is 1.85 bits per heavy atom. The molecule has 0 radical (unpaired) electrons. The van der Waals surface area contributed by atoms with Crippen LogP contribution in [0.3, 0.4) is 0 Å². The number of aryl methyl sites for hydroxylation is 2. The van der Waals surface area contributed by atoms with Gasteiger partial charge in [-0.25, -0.2) is 0 Å². The molecule has 1 aliphatic carbocycles. The Kier molecular flexibility index (Phi) is 2.26. The third-order valence-electron chi connectivity index (χ3n) is 2.75. The van der Waals surface area contributed by atoms with Crippen molar-refractivity contribution in [3.63, 3.8) is 0 Å². The Morgan fingerprint density at radius 3 is 2.38 bits per heavy atom. The summed E-state index contributed by atoms with van der Waals surface area (Å²) in [6.07, 6.45) is 2.83. The van der Waals surface area contributed by atoms with Gasteiger partial charge in [-0.05, 0) is 43.7 Å². The van der Waals surface area contributed by atoms with Gasteiger partial charge in [0, 0.05) is 12.2 Å². The summed E-state index contributed by atoms with van der Waals surface area (Å²) in [6.45, 7) is 5.50. The van der Waals surface area contributed by atoms with Crippen LogP contribution in [0, 0.1) is 19.8 Å². The molecule has 0 spiro atoms. The van der Waals surface area contributed by atoms with E-state index in [4.69, 9.17) is 0 Å². The largest absolute Gasteiger partial charge is 0.384 e. The predicted molar refractivity (Wildman–Crippen MR) is 57.1 cm³/mol. The summed E-state index contributed by atoms with van der Waals surface area (Å²) in [5.74, 6) is 0.944. The third-order valence-corrected chi connectivity index (χ3v) is 2.75. The van der Waals surface area contributed by atoms with Crippen LogP contribution in [0.2, 0.25) is 0 Å². The van der Waals surface area contributed by atoms with Crippen molar-refractivity contribution in [1.29, 1.82) is 0 Å². The molecule has 1 fully saturated rings. The second-order valence-corrected chi connectivity index (χ2v) is 4.09. The Hall–Kier alpha value is -0.980. The van der Waals surface area contributed by atoms with E-state index in [1.165, 1.54) is 29.7 Å². The Balaban J connectivity index is 2.07. The molecule has 1 saturated carbocycles. The van der Waals surface area contributed by atoms with Gasteiger partial charge >= 0.3 is 0 Å². The van der Waals surface area contributed by atoms with Gasteiger partial charge in [0.25, 0.3) is 0 Å². The highest BCUT2D eigenvalue weighted by Gasteiger charge is 2.20. The van der Waals surface area contributed by atoms with Crippen LogP contribution in [-0.4, -0.2) is 6.54 Å². The lowest BCUT2D eigenvalue weighted by Crippen LogP contribution is -2.05. The highest BCUT2D eigenvalue weighted by molar-refractivity contribution is 5.56. The number of hydrogen-bond acceptors (Lipinski definition) is 1. The van der Waals surface area contributed by atoms with Crippen LogP contribution in [0.4, 0.5) is 5.69 Å². The van der Waals surface area contributed by atoms with E-state index in [0.717, 1.165) is 12.5 Å². The molecular weight excluding hydrogens is 158 g/mol. The molecule has 0 unspecified atom stereocenters.